The number of carboxylic acid groups (broad SMARTS) is 2. The number of rotatable bonds is 0. The van der Waals surface area contributed by atoms with Gasteiger partial charge in [-0.05, 0) is 0 Å². The van der Waals surface area contributed by atoms with Gasteiger partial charge in [0.25, 0.3) is 0 Å². The first kappa shape index (κ1) is 29.5. The van der Waals surface area contributed by atoms with Crippen LogP contribution in [0, 0.1) is 10.8 Å². The van der Waals surface area contributed by atoms with Crippen molar-refractivity contribution in [2.45, 2.75) is 0 Å². The normalized spacial score (nSPS) is 5.12. The van der Waals surface area contributed by atoms with E-state index in [1.54, 1.807) is 0 Å². The third kappa shape index (κ3) is 425. The molecule has 0 aromatic heterocycles. The summed E-state index contributed by atoms with van der Waals surface area (Å²) in [6.45, 7) is 0. The molecule has 0 bridgehead atoms. The third-order valence-electron chi connectivity index (χ3n) is 0.183. The van der Waals surface area contributed by atoms with Gasteiger partial charge < -0.3 is 25.3 Å². The van der Waals surface area contributed by atoms with E-state index in [-0.39, 0.29) is 18.9 Å². The van der Waals surface area contributed by atoms with Crippen LogP contribution in [0.15, 0.2) is 0 Å². The maximum atomic E-state index is 9.10. The van der Waals surface area contributed by atoms with E-state index < -0.39 is 19.3 Å². The fourth-order valence-corrected chi connectivity index (χ4v) is 0. The van der Waals surface area contributed by atoms with Crippen LogP contribution in [0.4, 0.5) is 0 Å². The number of hydrogen-bond donors (Lipinski definition) is 7. The van der Waals surface area contributed by atoms with Gasteiger partial charge in [-0.25, -0.2) is 30.0 Å². The van der Waals surface area contributed by atoms with Crippen molar-refractivity contribution < 1.29 is 44.5 Å². The molecule has 0 amide bonds. The van der Waals surface area contributed by atoms with Crippen molar-refractivity contribution in [3.05, 3.63) is 0 Å². The Bertz CT molecular complexity index is 231. The number of hydrogen-bond acceptors (Lipinski definition) is 9. The molecule has 0 saturated heterocycles. The van der Waals surface area contributed by atoms with E-state index in [9.17, 15) is 0 Å². The molecule has 0 aliphatic carbocycles. The molecule has 13 heteroatoms. The van der Waals surface area contributed by atoms with Crippen molar-refractivity contribution in [2.24, 2.45) is 0 Å². The number of carboxylic acids is 2. The Morgan fingerprint density at radius 1 is 0.882 bits per heavy atom. The van der Waals surface area contributed by atoms with Gasteiger partial charge in [0, 0.05) is 0 Å². The van der Waals surface area contributed by atoms with Crippen molar-refractivity contribution in [3.63, 3.8) is 0 Å². The Labute approximate surface area is 106 Å². The molecule has 0 heterocycles. The number of aliphatic carboxylic acids is 2. The first-order valence-electron chi connectivity index (χ1n) is 2.79. The average Bonchev–Trinajstić information content (AvgIpc) is 2.05. The van der Waals surface area contributed by atoms with Crippen LogP contribution < -0.4 is 0 Å². The first-order chi connectivity index (χ1) is 7.20. The fraction of sp³-hybridized carbons (Fsp3) is 0. The van der Waals surface area contributed by atoms with Crippen LogP contribution in [0.2, 0.25) is 0 Å². The molecular weight excluding hydrogens is 238 g/mol. The number of nitrogens with one attached hydrogen (secondary N) is 2. The Balaban J connectivity index is -0.0000000388. The molecule has 0 aromatic rings. The maximum absolute atomic E-state index is 9.10. The Kier molecular flexibility index (Phi) is 50.7. The zero-order chi connectivity index (χ0) is 14.1. The minimum absolute atomic E-state index is 0. The van der Waals surface area contributed by atoms with Crippen LogP contribution in [0.3, 0.4) is 0 Å². The molecule has 0 atom stereocenters. The zero-order valence-electron chi connectivity index (χ0n) is 7.45. The van der Waals surface area contributed by atoms with Gasteiger partial charge in [0.2, 0.25) is 12.2 Å². The summed E-state index contributed by atoms with van der Waals surface area (Å²) >= 11 is 0. The summed E-state index contributed by atoms with van der Waals surface area (Å²) in [4.78, 5) is 34.9. The quantitative estimate of drug-likeness (QED) is 0.0963. The van der Waals surface area contributed by atoms with Gasteiger partial charge in [0.1, 0.15) is 0 Å². The van der Waals surface area contributed by atoms with E-state index in [0.717, 1.165) is 12.2 Å². The van der Waals surface area contributed by atoms with Crippen LogP contribution in [0.5, 0.6) is 0 Å². The average molecular weight is 246 g/mol. The number of carbonyl (C=O) groups excluding carboxylic acids is 2. The van der Waals surface area contributed by atoms with Crippen molar-refractivity contribution in [3.8, 4) is 0 Å². The summed E-state index contributed by atoms with van der Waals surface area (Å²) in [5, 5.41) is 47.1. The topological polar surface area (TPSA) is 217 Å². The van der Waals surface area contributed by atoms with Gasteiger partial charge in [0.15, 0.2) is 0 Å². The van der Waals surface area contributed by atoms with E-state index in [4.69, 9.17) is 55.3 Å². The summed E-state index contributed by atoms with van der Waals surface area (Å²) in [6, 6.07) is 0. The van der Waals surface area contributed by atoms with Crippen molar-refractivity contribution in [1.82, 2.24) is 0 Å². The van der Waals surface area contributed by atoms with Crippen LogP contribution in [0.1, 0.15) is 0 Å². The molecule has 0 rings (SSSR count). The number of carbonyl (C=O) groups is 2. The monoisotopic (exact) mass is 246 g/mol. The molecule has 0 radical (unpaired) electrons. The summed E-state index contributed by atoms with van der Waals surface area (Å²) in [5.41, 5.74) is 0. The first-order valence-corrected chi connectivity index (χ1v) is 2.79. The molecule has 17 heavy (non-hydrogen) atoms. The number of isocyanates is 2. The molecule has 7 N–H and O–H groups in total. The van der Waals surface area contributed by atoms with Crippen LogP contribution in [-0.4, -0.2) is 75.6 Å². The molecule has 0 aliphatic rings. The van der Waals surface area contributed by atoms with Gasteiger partial charge >= 0.3 is 38.1 Å². The Hall–Kier alpha value is -1.76. The van der Waals surface area contributed by atoms with Crippen LogP contribution in [0.25, 0.3) is 0 Å². The standard InChI is InChI=1S/C2H2O4.2CHNO.BH3O3.Li.H/c3-1(4)2(5)6;2*2-1-3;2-1(3)4;;/h(H,3,4)(H,5,6);2*2H;2-4H;;. The Morgan fingerprint density at radius 2 is 0.941 bits per heavy atom. The second-order valence-electron chi connectivity index (χ2n) is 1.16. The zero-order valence-corrected chi connectivity index (χ0v) is 7.45. The summed E-state index contributed by atoms with van der Waals surface area (Å²) in [5.74, 6) is -3.65. The molecule has 0 aliphatic heterocycles. The SMILES string of the molecule is N=C=O.N=C=O.O=C(O)C(=O)O.OB(O)O.[LiH]. The summed E-state index contributed by atoms with van der Waals surface area (Å²) < 4.78 is 0. The van der Waals surface area contributed by atoms with Gasteiger partial charge in [-0.3, -0.25) is 0 Å². The molecule has 11 nitrogen and oxygen atoms in total. The van der Waals surface area contributed by atoms with Crippen molar-refractivity contribution in [2.75, 3.05) is 0 Å². The predicted molar refractivity (Wildman–Crippen MR) is 51.7 cm³/mol. The van der Waals surface area contributed by atoms with Crippen LogP contribution >= 0.6 is 0 Å². The molecule has 0 fully saturated rings. The van der Waals surface area contributed by atoms with Gasteiger partial charge in [-0.1, -0.05) is 0 Å². The van der Waals surface area contributed by atoms with E-state index >= 15 is 0 Å². The van der Waals surface area contributed by atoms with E-state index in [0.29, 0.717) is 0 Å². The minimum atomic E-state index is -2.17. The van der Waals surface area contributed by atoms with E-state index in [1.165, 1.54) is 0 Å². The third-order valence-corrected chi connectivity index (χ3v) is 0.183. The van der Waals surface area contributed by atoms with E-state index in [2.05, 4.69) is 0 Å². The molecule has 0 unspecified atom stereocenters. The molecule has 0 aromatic carbocycles. The van der Waals surface area contributed by atoms with Gasteiger partial charge in [-0.2, -0.15) is 0 Å². The fourth-order valence-electron chi connectivity index (χ4n) is 0. The molecular formula is C4H8BLiN2O9. The molecule has 0 saturated carbocycles. The summed E-state index contributed by atoms with van der Waals surface area (Å²) in [6.07, 6.45) is 1.50. The molecule has 0 spiro atoms. The second kappa shape index (κ2) is 29.2. The van der Waals surface area contributed by atoms with Crippen molar-refractivity contribution in [1.29, 1.82) is 10.8 Å². The van der Waals surface area contributed by atoms with Gasteiger partial charge in [0.05, 0.1) is 0 Å². The Morgan fingerprint density at radius 3 is 0.941 bits per heavy atom. The second-order valence-corrected chi connectivity index (χ2v) is 1.16. The van der Waals surface area contributed by atoms with Gasteiger partial charge in [-0.15, -0.1) is 0 Å². The predicted octanol–water partition coefficient (Wildman–Crippen LogP) is -3.74. The molecule has 92 valence electrons. The summed E-state index contributed by atoms with van der Waals surface area (Å²) in [7, 11) is -2.17. The van der Waals surface area contributed by atoms with Crippen LogP contribution in [-0.2, 0) is 19.2 Å². The van der Waals surface area contributed by atoms with E-state index in [1.807, 2.05) is 0 Å². The van der Waals surface area contributed by atoms with Crippen molar-refractivity contribution >= 4 is 50.3 Å².